The van der Waals surface area contributed by atoms with Crippen LogP contribution in [0.4, 0.5) is 5.82 Å². The number of aryl methyl sites for hydroxylation is 1. The third kappa shape index (κ3) is 2.43. The Morgan fingerprint density at radius 3 is 3.13 bits per heavy atom. The van der Waals surface area contributed by atoms with Crippen LogP contribution >= 0.6 is 11.8 Å². The fraction of sp³-hybridized carbons (Fsp3) is 0.636. The van der Waals surface area contributed by atoms with Crippen LogP contribution in [0.25, 0.3) is 0 Å². The molecular weight excluding hydrogens is 206 g/mol. The van der Waals surface area contributed by atoms with Crippen molar-refractivity contribution in [3.05, 3.63) is 18.1 Å². The van der Waals surface area contributed by atoms with Gasteiger partial charge < -0.3 is 4.90 Å². The molecule has 1 fully saturated rings. The number of nitrogens with zero attached hydrogens (tertiary/aromatic N) is 3. The quantitative estimate of drug-likeness (QED) is 0.785. The van der Waals surface area contributed by atoms with E-state index in [0.29, 0.717) is 6.04 Å². The largest absolute Gasteiger partial charge is 0.353 e. The second kappa shape index (κ2) is 4.84. The highest BCUT2D eigenvalue weighted by atomic mass is 32.2. The van der Waals surface area contributed by atoms with Crippen LogP contribution in [0.2, 0.25) is 0 Å². The molecule has 1 aromatic heterocycles. The first-order valence-electron chi connectivity index (χ1n) is 5.35. The summed E-state index contributed by atoms with van der Waals surface area (Å²) in [4.78, 5) is 10.9. The summed E-state index contributed by atoms with van der Waals surface area (Å²) in [5.41, 5.74) is 1.05. The zero-order chi connectivity index (χ0) is 10.7. The van der Waals surface area contributed by atoms with E-state index in [2.05, 4.69) is 27.2 Å². The fourth-order valence-electron chi connectivity index (χ4n) is 2.10. The van der Waals surface area contributed by atoms with Gasteiger partial charge in [-0.05, 0) is 26.0 Å². The Morgan fingerprint density at radius 2 is 2.40 bits per heavy atom. The lowest BCUT2D eigenvalue weighted by Gasteiger charge is -2.25. The van der Waals surface area contributed by atoms with Crippen LogP contribution in [-0.4, -0.2) is 34.6 Å². The molecule has 1 aliphatic heterocycles. The van der Waals surface area contributed by atoms with Gasteiger partial charge in [0.25, 0.3) is 0 Å². The molecule has 1 aromatic rings. The summed E-state index contributed by atoms with van der Waals surface area (Å²) in [6.45, 7) is 3.16. The molecule has 1 atom stereocenters. The van der Waals surface area contributed by atoms with Crippen LogP contribution in [0.3, 0.4) is 0 Å². The summed E-state index contributed by atoms with van der Waals surface area (Å²) in [5.74, 6) is 2.29. The van der Waals surface area contributed by atoms with Crippen LogP contribution < -0.4 is 4.90 Å². The SMILES string of the molecule is CSCC1CCCN1c1cc(C)ncn1. The smallest absolute Gasteiger partial charge is 0.132 e. The molecule has 4 heteroatoms. The molecule has 0 N–H and O–H groups in total. The maximum Gasteiger partial charge on any atom is 0.132 e. The Morgan fingerprint density at radius 1 is 1.53 bits per heavy atom. The number of hydrogen-bond donors (Lipinski definition) is 0. The standard InChI is InChI=1S/C11H17N3S/c1-9-6-11(13-8-12-9)14-5-3-4-10(14)7-15-2/h6,8,10H,3-5,7H2,1-2H3. The molecule has 0 aliphatic carbocycles. The van der Waals surface area contributed by atoms with E-state index in [1.807, 2.05) is 18.7 Å². The van der Waals surface area contributed by atoms with Crippen molar-refractivity contribution in [2.24, 2.45) is 0 Å². The fourth-order valence-corrected chi connectivity index (χ4v) is 2.83. The Labute approximate surface area is 95.3 Å². The number of rotatable bonds is 3. The maximum atomic E-state index is 4.36. The molecule has 0 spiro atoms. The third-order valence-corrected chi connectivity index (χ3v) is 3.54. The van der Waals surface area contributed by atoms with E-state index < -0.39 is 0 Å². The van der Waals surface area contributed by atoms with E-state index in [-0.39, 0.29) is 0 Å². The zero-order valence-corrected chi connectivity index (χ0v) is 10.1. The summed E-state index contributed by atoms with van der Waals surface area (Å²) < 4.78 is 0. The minimum atomic E-state index is 0.661. The normalized spacial score (nSPS) is 20.9. The van der Waals surface area contributed by atoms with E-state index >= 15 is 0 Å². The van der Waals surface area contributed by atoms with Gasteiger partial charge in [0.2, 0.25) is 0 Å². The number of anilines is 1. The van der Waals surface area contributed by atoms with Crippen molar-refractivity contribution in [2.75, 3.05) is 23.5 Å². The third-order valence-electron chi connectivity index (χ3n) is 2.82. The molecule has 0 amide bonds. The Balaban J connectivity index is 2.15. The van der Waals surface area contributed by atoms with Gasteiger partial charge in [-0.2, -0.15) is 11.8 Å². The molecule has 0 aromatic carbocycles. The zero-order valence-electron chi connectivity index (χ0n) is 9.31. The highest BCUT2D eigenvalue weighted by Crippen LogP contribution is 2.25. The molecule has 2 heterocycles. The van der Waals surface area contributed by atoms with Crippen molar-refractivity contribution in [3.8, 4) is 0 Å². The van der Waals surface area contributed by atoms with E-state index in [4.69, 9.17) is 0 Å². The van der Waals surface area contributed by atoms with Crippen LogP contribution in [-0.2, 0) is 0 Å². The van der Waals surface area contributed by atoms with Gasteiger partial charge in [-0.1, -0.05) is 0 Å². The van der Waals surface area contributed by atoms with Crippen molar-refractivity contribution in [1.29, 1.82) is 0 Å². The molecule has 0 bridgehead atoms. The molecule has 82 valence electrons. The first kappa shape index (κ1) is 10.7. The molecule has 2 rings (SSSR count). The summed E-state index contributed by atoms with van der Waals surface area (Å²) >= 11 is 1.92. The molecule has 1 saturated heterocycles. The minimum Gasteiger partial charge on any atom is -0.353 e. The van der Waals surface area contributed by atoms with Gasteiger partial charge in [0, 0.05) is 30.1 Å². The van der Waals surface area contributed by atoms with E-state index in [1.165, 1.54) is 18.6 Å². The second-order valence-corrected chi connectivity index (χ2v) is 4.87. The van der Waals surface area contributed by atoms with Gasteiger partial charge in [-0.15, -0.1) is 0 Å². The molecule has 1 aliphatic rings. The Bertz CT molecular complexity index is 329. The summed E-state index contributed by atoms with van der Waals surface area (Å²) in [7, 11) is 0. The average molecular weight is 223 g/mol. The van der Waals surface area contributed by atoms with Crippen LogP contribution in [0.1, 0.15) is 18.5 Å². The van der Waals surface area contributed by atoms with Crippen molar-refractivity contribution >= 4 is 17.6 Å². The van der Waals surface area contributed by atoms with Crippen molar-refractivity contribution in [1.82, 2.24) is 9.97 Å². The maximum absolute atomic E-state index is 4.36. The lowest BCUT2D eigenvalue weighted by molar-refractivity contribution is 0.736. The highest BCUT2D eigenvalue weighted by molar-refractivity contribution is 7.98. The van der Waals surface area contributed by atoms with Crippen molar-refractivity contribution in [2.45, 2.75) is 25.8 Å². The van der Waals surface area contributed by atoms with Crippen LogP contribution in [0.15, 0.2) is 12.4 Å². The summed E-state index contributed by atoms with van der Waals surface area (Å²) in [5, 5.41) is 0. The summed E-state index contributed by atoms with van der Waals surface area (Å²) in [6, 6.07) is 2.74. The van der Waals surface area contributed by atoms with Crippen LogP contribution in [0.5, 0.6) is 0 Å². The highest BCUT2D eigenvalue weighted by Gasteiger charge is 2.24. The Hall–Kier alpha value is -0.770. The van der Waals surface area contributed by atoms with Gasteiger partial charge in [0.15, 0.2) is 0 Å². The van der Waals surface area contributed by atoms with Gasteiger partial charge in [0.1, 0.15) is 12.1 Å². The number of thioether (sulfide) groups is 1. The predicted molar refractivity (Wildman–Crippen MR) is 65.5 cm³/mol. The average Bonchev–Trinajstić information content (AvgIpc) is 2.66. The van der Waals surface area contributed by atoms with Gasteiger partial charge >= 0.3 is 0 Å². The molecule has 15 heavy (non-hydrogen) atoms. The monoisotopic (exact) mass is 223 g/mol. The molecule has 1 unspecified atom stereocenters. The second-order valence-electron chi connectivity index (χ2n) is 3.96. The first-order valence-corrected chi connectivity index (χ1v) is 6.75. The Kier molecular flexibility index (Phi) is 3.46. The topological polar surface area (TPSA) is 29.0 Å². The van der Waals surface area contributed by atoms with Crippen molar-refractivity contribution < 1.29 is 0 Å². The van der Waals surface area contributed by atoms with Crippen LogP contribution in [0, 0.1) is 6.92 Å². The van der Waals surface area contributed by atoms with Gasteiger partial charge in [0.05, 0.1) is 0 Å². The van der Waals surface area contributed by atoms with E-state index in [9.17, 15) is 0 Å². The molecule has 0 radical (unpaired) electrons. The van der Waals surface area contributed by atoms with E-state index in [0.717, 1.165) is 18.1 Å². The van der Waals surface area contributed by atoms with Crippen molar-refractivity contribution in [3.63, 3.8) is 0 Å². The predicted octanol–water partition coefficient (Wildman–Crippen LogP) is 2.12. The summed E-state index contributed by atoms with van der Waals surface area (Å²) in [6.07, 6.45) is 6.42. The molecule has 0 saturated carbocycles. The van der Waals surface area contributed by atoms with Gasteiger partial charge in [-0.3, -0.25) is 0 Å². The number of hydrogen-bond acceptors (Lipinski definition) is 4. The minimum absolute atomic E-state index is 0.661. The molecular formula is C11H17N3S. The van der Waals surface area contributed by atoms with E-state index in [1.54, 1.807) is 6.33 Å². The lowest BCUT2D eigenvalue weighted by atomic mass is 10.2. The number of aromatic nitrogens is 2. The first-order chi connectivity index (χ1) is 7.31. The lowest BCUT2D eigenvalue weighted by Crippen LogP contribution is -2.31. The van der Waals surface area contributed by atoms with Gasteiger partial charge in [-0.25, -0.2) is 9.97 Å². The molecule has 3 nitrogen and oxygen atoms in total.